The standard InChI is InChI=1S/C17H26N2/c1-13(14-6-4-3-5-7-14)12-19-16-8-9-17(19)11-15(10-16)18-2/h3-7,13,15-18H,8-12H2,1-2H3. The predicted octanol–water partition coefficient (Wildman–Crippen LogP) is 3.00. The summed E-state index contributed by atoms with van der Waals surface area (Å²) in [6.45, 7) is 3.61. The van der Waals surface area contributed by atoms with Crippen molar-refractivity contribution in [1.29, 1.82) is 0 Å². The molecule has 0 aromatic heterocycles. The van der Waals surface area contributed by atoms with Gasteiger partial charge in [-0.1, -0.05) is 37.3 Å². The summed E-state index contributed by atoms with van der Waals surface area (Å²) < 4.78 is 0. The molecule has 104 valence electrons. The lowest BCUT2D eigenvalue weighted by Crippen LogP contribution is -2.49. The van der Waals surface area contributed by atoms with Crippen molar-refractivity contribution in [2.45, 2.75) is 56.7 Å². The second kappa shape index (κ2) is 5.64. The number of rotatable bonds is 4. The average Bonchev–Trinajstić information content (AvgIpc) is 2.70. The van der Waals surface area contributed by atoms with E-state index < -0.39 is 0 Å². The third kappa shape index (κ3) is 2.70. The molecule has 3 unspecified atom stereocenters. The quantitative estimate of drug-likeness (QED) is 0.893. The fourth-order valence-electron chi connectivity index (χ4n) is 4.01. The van der Waals surface area contributed by atoms with Gasteiger partial charge in [0.1, 0.15) is 0 Å². The molecule has 2 aliphatic heterocycles. The van der Waals surface area contributed by atoms with Crippen LogP contribution in [0.4, 0.5) is 0 Å². The Labute approximate surface area is 117 Å². The van der Waals surface area contributed by atoms with Gasteiger partial charge < -0.3 is 5.32 Å². The minimum atomic E-state index is 0.649. The largest absolute Gasteiger partial charge is 0.317 e. The molecule has 0 amide bonds. The average molecular weight is 258 g/mol. The number of hydrogen-bond acceptors (Lipinski definition) is 2. The van der Waals surface area contributed by atoms with Gasteiger partial charge in [0.25, 0.3) is 0 Å². The maximum absolute atomic E-state index is 3.48. The molecule has 1 aromatic carbocycles. The van der Waals surface area contributed by atoms with Crippen molar-refractivity contribution in [3.63, 3.8) is 0 Å². The number of fused-ring (bicyclic) bond motifs is 2. The number of nitrogens with one attached hydrogen (secondary N) is 1. The van der Waals surface area contributed by atoms with Gasteiger partial charge in [-0.3, -0.25) is 4.90 Å². The fourth-order valence-corrected chi connectivity index (χ4v) is 4.01. The Morgan fingerprint density at radius 1 is 1.16 bits per heavy atom. The van der Waals surface area contributed by atoms with Gasteiger partial charge >= 0.3 is 0 Å². The van der Waals surface area contributed by atoms with E-state index in [1.807, 2.05) is 0 Å². The molecular formula is C17H26N2. The molecule has 2 bridgehead atoms. The van der Waals surface area contributed by atoms with Crippen molar-refractivity contribution >= 4 is 0 Å². The minimum absolute atomic E-state index is 0.649. The highest BCUT2D eigenvalue weighted by Gasteiger charge is 2.40. The second-order valence-corrected chi connectivity index (χ2v) is 6.35. The van der Waals surface area contributed by atoms with Gasteiger partial charge in [-0.05, 0) is 44.2 Å². The van der Waals surface area contributed by atoms with Gasteiger partial charge in [0.2, 0.25) is 0 Å². The number of hydrogen-bond donors (Lipinski definition) is 1. The van der Waals surface area contributed by atoms with E-state index in [0.29, 0.717) is 5.92 Å². The zero-order valence-corrected chi connectivity index (χ0v) is 12.2. The van der Waals surface area contributed by atoms with E-state index in [0.717, 1.165) is 18.1 Å². The topological polar surface area (TPSA) is 15.3 Å². The van der Waals surface area contributed by atoms with E-state index in [4.69, 9.17) is 0 Å². The van der Waals surface area contributed by atoms with Gasteiger partial charge in [0.05, 0.1) is 0 Å². The molecule has 0 saturated carbocycles. The first-order valence-electron chi connectivity index (χ1n) is 7.76. The molecule has 1 N–H and O–H groups in total. The molecule has 2 heterocycles. The smallest absolute Gasteiger partial charge is 0.0114 e. The lowest BCUT2D eigenvalue weighted by molar-refractivity contribution is 0.113. The highest BCUT2D eigenvalue weighted by atomic mass is 15.2. The maximum Gasteiger partial charge on any atom is 0.0114 e. The predicted molar refractivity (Wildman–Crippen MR) is 80.5 cm³/mol. The van der Waals surface area contributed by atoms with Crippen LogP contribution in [0, 0.1) is 0 Å². The minimum Gasteiger partial charge on any atom is -0.317 e. The van der Waals surface area contributed by atoms with Crippen molar-refractivity contribution in [2.75, 3.05) is 13.6 Å². The van der Waals surface area contributed by atoms with Gasteiger partial charge in [-0.25, -0.2) is 0 Å². The molecule has 2 aliphatic rings. The molecule has 2 nitrogen and oxygen atoms in total. The number of benzene rings is 1. The third-order valence-corrected chi connectivity index (χ3v) is 5.15. The monoisotopic (exact) mass is 258 g/mol. The van der Waals surface area contributed by atoms with Gasteiger partial charge in [-0.15, -0.1) is 0 Å². The van der Waals surface area contributed by atoms with Crippen molar-refractivity contribution in [3.05, 3.63) is 35.9 Å². The molecular weight excluding hydrogens is 232 g/mol. The lowest BCUT2D eigenvalue weighted by Gasteiger charge is -2.40. The van der Waals surface area contributed by atoms with Crippen molar-refractivity contribution in [2.24, 2.45) is 0 Å². The fraction of sp³-hybridized carbons (Fsp3) is 0.647. The summed E-state index contributed by atoms with van der Waals surface area (Å²) in [4.78, 5) is 2.80. The van der Waals surface area contributed by atoms with Crippen LogP contribution in [-0.4, -0.2) is 36.6 Å². The number of piperidine rings is 1. The van der Waals surface area contributed by atoms with Gasteiger partial charge in [0, 0.05) is 24.7 Å². The van der Waals surface area contributed by atoms with E-state index in [-0.39, 0.29) is 0 Å². The third-order valence-electron chi connectivity index (χ3n) is 5.15. The molecule has 2 saturated heterocycles. The summed E-state index contributed by atoms with van der Waals surface area (Å²) in [7, 11) is 2.12. The Hall–Kier alpha value is -0.860. The first-order valence-corrected chi connectivity index (χ1v) is 7.76. The molecule has 0 radical (unpaired) electrons. The second-order valence-electron chi connectivity index (χ2n) is 6.35. The zero-order chi connectivity index (χ0) is 13.2. The van der Waals surface area contributed by atoms with Crippen LogP contribution in [0.15, 0.2) is 30.3 Å². The Balaban J connectivity index is 1.65. The van der Waals surface area contributed by atoms with Gasteiger partial charge in [0.15, 0.2) is 0 Å². The summed E-state index contributed by atoms with van der Waals surface area (Å²) in [6, 6.07) is 13.4. The van der Waals surface area contributed by atoms with Crippen molar-refractivity contribution in [3.8, 4) is 0 Å². The summed E-state index contributed by atoms with van der Waals surface area (Å²) in [5, 5.41) is 3.48. The summed E-state index contributed by atoms with van der Waals surface area (Å²) >= 11 is 0. The van der Waals surface area contributed by atoms with Crippen LogP contribution in [0.2, 0.25) is 0 Å². The summed E-state index contributed by atoms with van der Waals surface area (Å²) in [6.07, 6.45) is 5.50. The molecule has 19 heavy (non-hydrogen) atoms. The van der Waals surface area contributed by atoms with Crippen LogP contribution in [0.3, 0.4) is 0 Å². The van der Waals surface area contributed by atoms with Crippen molar-refractivity contribution < 1.29 is 0 Å². The Morgan fingerprint density at radius 3 is 2.37 bits per heavy atom. The Bertz CT molecular complexity index is 389. The molecule has 2 heteroatoms. The van der Waals surface area contributed by atoms with E-state index in [2.05, 4.69) is 54.5 Å². The first kappa shape index (κ1) is 13.1. The highest BCUT2D eigenvalue weighted by molar-refractivity contribution is 5.19. The van der Waals surface area contributed by atoms with E-state index >= 15 is 0 Å². The van der Waals surface area contributed by atoms with Gasteiger partial charge in [-0.2, -0.15) is 0 Å². The molecule has 3 rings (SSSR count). The Morgan fingerprint density at radius 2 is 1.79 bits per heavy atom. The van der Waals surface area contributed by atoms with Crippen LogP contribution in [-0.2, 0) is 0 Å². The molecule has 0 spiro atoms. The van der Waals surface area contributed by atoms with Crippen LogP contribution in [0.5, 0.6) is 0 Å². The maximum atomic E-state index is 3.48. The molecule has 0 aliphatic carbocycles. The van der Waals surface area contributed by atoms with Crippen molar-refractivity contribution in [1.82, 2.24) is 10.2 Å². The number of nitrogens with zero attached hydrogens (tertiary/aromatic N) is 1. The van der Waals surface area contributed by atoms with Crippen LogP contribution in [0.25, 0.3) is 0 Å². The van der Waals surface area contributed by atoms with E-state index in [1.54, 1.807) is 0 Å². The van der Waals surface area contributed by atoms with Crippen LogP contribution in [0.1, 0.15) is 44.1 Å². The summed E-state index contributed by atoms with van der Waals surface area (Å²) in [5.41, 5.74) is 1.48. The van der Waals surface area contributed by atoms with Crippen LogP contribution >= 0.6 is 0 Å². The van der Waals surface area contributed by atoms with Crippen LogP contribution < -0.4 is 5.32 Å². The normalized spacial score (nSPS) is 32.4. The highest BCUT2D eigenvalue weighted by Crippen LogP contribution is 2.37. The molecule has 3 atom stereocenters. The van der Waals surface area contributed by atoms with E-state index in [1.165, 1.54) is 37.8 Å². The molecule has 2 fully saturated rings. The molecule has 1 aromatic rings. The first-order chi connectivity index (χ1) is 9.28. The SMILES string of the molecule is CNC1CC2CCC(C1)N2CC(C)c1ccccc1. The zero-order valence-electron chi connectivity index (χ0n) is 12.2. The Kier molecular flexibility index (Phi) is 3.90. The lowest BCUT2D eigenvalue weighted by atomic mass is 9.94. The van der Waals surface area contributed by atoms with E-state index in [9.17, 15) is 0 Å². The summed E-state index contributed by atoms with van der Waals surface area (Å²) in [5.74, 6) is 0.649.